The molecule has 2 aliphatic rings. The van der Waals surface area contributed by atoms with E-state index in [2.05, 4.69) is 40.9 Å². The fourth-order valence-electron chi connectivity index (χ4n) is 3.27. The molecule has 1 saturated heterocycles. The molecule has 0 aromatic heterocycles. The Morgan fingerprint density at radius 1 is 1.21 bits per heavy atom. The molecule has 1 aromatic rings. The summed E-state index contributed by atoms with van der Waals surface area (Å²) in [7, 11) is 0. The molecule has 3 rings (SSSR count). The minimum atomic E-state index is 0.605. The van der Waals surface area contributed by atoms with Gasteiger partial charge in [-0.25, -0.2) is 0 Å². The van der Waals surface area contributed by atoms with Crippen molar-refractivity contribution in [2.75, 3.05) is 19.0 Å². The Balaban J connectivity index is 1.62. The molecule has 1 fully saturated rings. The number of likely N-dealkylation sites (tertiary alicyclic amines) is 1. The lowest BCUT2D eigenvalue weighted by Crippen LogP contribution is -2.40. The molecular weight excluding hydrogens is 274 g/mol. The molecule has 2 aliphatic heterocycles. The highest BCUT2D eigenvalue weighted by molar-refractivity contribution is 8.00. The highest BCUT2D eigenvalue weighted by Crippen LogP contribution is 2.37. The summed E-state index contributed by atoms with van der Waals surface area (Å²) in [6, 6.07) is 9.47. The Morgan fingerprint density at radius 3 is 2.95 bits per heavy atom. The second-order valence-corrected chi connectivity index (χ2v) is 7.35. The Morgan fingerprint density at radius 2 is 2.11 bits per heavy atom. The molecule has 2 atom stereocenters. The van der Waals surface area contributed by atoms with Gasteiger partial charge < -0.3 is 0 Å². The topological polar surface area (TPSA) is 3.24 Å². The maximum atomic E-state index is 6.17. The molecular formula is C16H22ClNS. The molecule has 0 saturated carbocycles. The van der Waals surface area contributed by atoms with Crippen LogP contribution in [0.2, 0.25) is 0 Å². The van der Waals surface area contributed by atoms with Gasteiger partial charge in [-0.1, -0.05) is 31.0 Å². The third-order valence-electron chi connectivity index (χ3n) is 4.33. The zero-order chi connectivity index (χ0) is 13.1. The van der Waals surface area contributed by atoms with Gasteiger partial charge >= 0.3 is 0 Å². The molecule has 2 unspecified atom stereocenters. The van der Waals surface area contributed by atoms with Crippen molar-refractivity contribution in [2.24, 2.45) is 0 Å². The van der Waals surface area contributed by atoms with E-state index in [1.807, 2.05) is 0 Å². The van der Waals surface area contributed by atoms with Crippen LogP contribution in [0.4, 0.5) is 0 Å². The van der Waals surface area contributed by atoms with E-state index < -0.39 is 0 Å². The van der Waals surface area contributed by atoms with Crippen molar-refractivity contribution in [3.63, 3.8) is 0 Å². The molecule has 1 aromatic carbocycles. The van der Waals surface area contributed by atoms with Crippen LogP contribution in [0, 0.1) is 0 Å². The number of halogens is 1. The van der Waals surface area contributed by atoms with Crippen LogP contribution in [0.3, 0.4) is 0 Å². The maximum Gasteiger partial charge on any atom is 0.0379 e. The average Bonchev–Trinajstić information content (AvgIpc) is 2.70. The van der Waals surface area contributed by atoms with E-state index in [0.717, 1.165) is 11.1 Å². The van der Waals surface area contributed by atoms with Gasteiger partial charge in [0.05, 0.1) is 0 Å². The molecule has 0 radical (unpaired) electrons. The van der Waals surface area contributed by atoms with Gasteiger partial charge in [-0.15, -0.1) is 23.4 Å². The van der Waals surface area contributed by atoms with Crippen LogP contribution in [0.1, 0.15) is 31.2 Å². The first kappa shape index (κ1) is 13.8. The Bertz CT molecular complexity index is 398. The molecule has 0 aliphatic carbocycles. The summed E-state index contributed by atoms with van der Waals surface area (Å²) >= 11 is 8.24. The molecule has 0 bridgehead atoms. The average molecular weight is 296 g/mol. The van der Waals surface area contributed by atoms with E-state index in [0.29, 0.717) is 6.04 Å². The fraction of sp³-hybridized carbons (Fsp3) is 0.625. The van der Waals surface area contributed by atoms with Crippen LogP contribution in [0.25, 0.3) is 0 Å². The highest BCUT2D eigenvalue weighted by atomic mass is 35.5. The third kappa shape index (κ3) is 3.29. The van der Waals surface area contributed by atoms with Crippen LogP contribution >= 0.6 is 23.4 Å². The van der Waals surface area contributed by atoms with Crippen molar-refractivity contribution in [3.8, 4) is 0 Å². The van der Waals surface area contributed by atoms with Gasteiger partial charge in [-0.2, -0.15) is 0 Å². The normalized spacial score (nSPS) is 28.1. The molecule has 1 nitrogen and oxygen atoms in total. The SMILES string of the molecule is ClCC1CCCCCN1CC1Cc2ccccc2S1. The number of nitrogens with zero attached hydrogens (tertiary/aromatic N) is 1. The van der Waals surface area contributed by atoms with Crippen LogP contribution in [0.15, 0.2) is 29.2 Å². The Labute approximate surface area is 125 Å². The van der Waals surface area contributed by atoms with E-state index in [1.54, 1.807) is 0 Å². The first-order valence-corrected chi connectivity index (χ1v) is 8.83. The smallest absolute Gasteiger partial charge is 0.0379 e. The van der Waals surface area contributed by atoms with Gasteiger partial charge in [0.25, 0.3) is 0 Å². The quantitative estimate of drug-likeness (QED) is 0.769. The van der Waals surface area contributed by atoms with Crippen molar-refractivity contribution < 1.29 is 0 Å². The lowest BCUT2D eigenvalue weighted by atomic mass is 10.1. The van der Waals surface area contributed by atoms with Gasteiger partial charge in [-0.3, -0.25) is 4.90 Å². The molecule has 0 amide bonds. The van der Waals surface area contributed by atoms with E-state index in [1.165, 1.54) is 55.7 Å². The highest BCUT2D eigenvalue weighted by Gasteiger charge is 2.27. The van der Waals surface area contributed by atoms with E-state index in [-0.39, 0.29) is 0 Å². The van der Waals surface area contributed by atoms with Gasteiger partial charge in [0.2, 0.25) is 0 Å². The van der Waals surface area contributed by atoms with Gasteiger partial charge in [0.15, 0.2) is 0 Å². The van der Waals surface area contributed by atoms with Crippen LogP contribution in [-0.2, 0) is 6.42 Å². The van der Waals surface area contributed by atoms with Crippen LogP contribution in [-0.4, -0.2) is 35.2 Å². The molecule has 0 N–H and O–H groups in total. The Kier molecular flexibility index (Phi) is 4.73. The fourth-order valence-corrected chi connectivity index (χ4v) is 4.97. The number of hydrogen-bond donors (Lipinski definition) is 0. The summed E-state index contributed by atoms with van der Waals surface area (Å²) in [6.45, 7) is 2.45. The molecule has 0 spiro atoms. The second-order valence-electron chi connectivity index (χ2n) is 5.70. The van der Waals surface area contributed by atoms with E-state index >= 15 is 0 Å². The van der Waals surface area contributed by atoms with Gasteiger partial charge in [-0.05, 0) is 37.4 Å². The summed E-state index contributed by atoms with van der Waals surface area (Å²) in [5.74, 6) is 0.796. The van der Waals surface area contributed by atoms with Gasteiger partial charge in [0.1, 0.15) is 0 Å². The predicted molar refractivity (Wildman–Crippen MR) is 84.3 cm³/mol. The lowest BCUT2D eigenvalue weighted by Gasteiger charge is -2.30. The standard InChI is InChI=1S/C16H22ClNS/c17-11-14-7-2-1-5-9-18(14)12-15-10-13-6-3-4-8-16(13)19-15/h3-4,6,8,14-15H,1-2,5,7,9-12H2. The molecule has 19 heavy (non-hydrogen) atoms. The zero-order valence-corrected chi connectivity index (χ0v) is 12.9. The van der Waals surface area contributed by atoms with Crippen LogP contribution in [0.5, 0.6) is 0 Å². The third-order valence-corrected chi connectivity index (χ3v) is 5.99. The summed E-state index contributed by atoms with van der Waals surface area (Å²) in [5, 5.41) is 0.723. The maximum absolute atomic E-state index is 6.17. The number of alkyl halides is 1. The summed E-state index contributed by atoms with van der Waals surface area (Å²) in [5.41, 5.74) is 1.54. The van der Waals surface area contributed by atoms with Gasteiger partial charge in [0, 0.05) is 28.6 Å². The van der Waals surface area contributed by atoms with Crippen molar-refractivity contribution in [2.45, 2.75) is 48.3 Å². The van der Waals surface area contributed by atoms with Crippen molar-refractivity contribution in [1.82, 2.24) is 4.90 Å². The van der Waals surface area contributed by atoms with Crippen molar-refractivity contribution >= 4 is 23.4 Å². The Hall–Kier alpha value is -0.180. The van der Waals surface area contributed by atoms with Crippen molar-refractivity contribution in [1.29, 1.82) is 0 Å². The molecule has 104 valence electrons. The minimum absolute atomic E-state index is 0.605. The van der Waals surface area contributed by atoms with Crippen LogP contribution < -0.4 is 0 Å². The first-order valence-electron chi connectivity index (χ1n) is 7.41. The predicted octanol–water partition coefficient (Wildman–Crippen LogP) is 4.19. The second kappa shape index (κ2) is 6.51. The summed E-state index contributed by atoms with van der Waals surface area (Å²) in [4.78, 5) is 4.15. The zero-order valence-electron chi connectivity index (χ0n) is 11.4. The monoisotopic (exact) mass is 295 g/mol. The molecule has 3 heteroatoms. The summed E-state index contributed by atoms with van der Waals surface area (Å²) < 4.78 is 0. The molecule has 2 heterocycles. The first-order chi connectivity index (χ1) is 9.36. The summed E-state index contributed by atoms with van der Waals surface area (Å²) in [6.07, 6.45) is 6.59. The number of hydrogen-bond acceptors (Lipinski definition) is 2. The minimum Gasteiger partial charge on any atom is -0.298 e. The van der Waals surface area contributed by atoms with E-state index in [4.69, 9.17) is 11.6 Å². The van der Waals surface area contributed by atoms with E-state index in [9.17, 15) is 0 Å². The largest absolute Gasteiger partial charge is 0.298 e. The number of fused-ring (bicyclic) bond motifs is 1. The number of thioether (sulfide) groups is 1. The number of benzene rings is 1. The van der Waals surface area contributed by atoms with Crippen molar-refractivity contribution in [3.05, 3.63) is 29.8 Å². The lowest BCUT2D eigenvalue weighted by molar-refractivity contribution is 0.217. The number of rotatable bonds is 3.